The minimum Gasteiger partial charge on any atom is -0.267 e. The highest BCUT2D eigenvalue weighted by atomic mass is 127. The van der Waals surface area contributed by atoms with Crippen molar-refractivity contribution >= 4 is 34.7 Å². The third kappa shape index (κ3) is 3.36. The van der Waals surface area contributed by atoms with Crippen LogP contribution < -0.4 is 5.43 Å². The molecule has 0 aliphatic heterocycles. The summed E-state index contributed by atoms with van der Waals surface area (Å²) in [4.78, 5) is 15.5. The molecular formula is C13H10IN3O. The molecule has 1 N–H and O–H groups in total. The van der Waals surface area contributed by atoms with Crippen molar-refractivity contribution in [2.45, 2.75) is 0 Å². The summed E-state index contributed by atoms with van der Waals surface area (Å²) >= 11 is 2.22. The number of aromatic nitrogens is 1. The zero-order valence-electron chi connectivity index (χ0n) is 9.38. The van der Waals surface area contributed by atoms with Crippen LogP contribution >= 0.6 is 22.6 Å². The monoisotopic (exact) mass is 351 g/mol. The Morgan fingerprint density at radius 2 is 1.94 bits per heavy atom. The zero-order valence-corrected chi connectivity index (χ0v) is 11.5. The van der Waals surface area contributed by atoms with Crippen LogP contribution in [0.2, 0.25) is 0 Å². The summed E-state index contributed by atoms with van der Waals surface area (Å²) in [6.07, 6.45) is 4.76. The molecule has 1 aromatic heterocycles. The predicted molar refractivity (Wildman–Crippen MR) is 78.5 cm³/mol. The second-order valence-electron chi connectivity index (χ2n) is 3.46. The Bertz CT molecular complexity index is 569. The number of pyridine rings is 1. The highest BCUT2D eigenvalue weighted by molar-refractivity contribution is 14.1. The SMILES string of the molecule is O=C(N/N=C/c1ccccc1I)c1ccncc1. The molecule has 0 spiro atoms. The molecule has 0 aliphatic carbocycles. The van der Waals surface area contributed by atoms with E-state index in [4.69, 9.17) is 0 Å². The Morgan fingerprint density at radius 3 is 2.67 bits per heavy atom. The van der Waals surface area contributed by atoms with Gasteiger partial charge in [-0.15, -0.1) is 0 Å². The van der Waals surface area contributed by atoms with Crippen molar-refractivity contribution in [1.29, 1.82) is 0 Å². The number of hydrogen-bond acceptors (Lipinski definition) is 3. The van der Waals surface area contributed by atoms with Gasteiger partial charge in [0.1, 0.15) is 0 Å². The summed E-state index contributed by atoms with van der Waals surface area (Å²) in [6, 6.07) is 11.1. The van der Waals surface area contributed by atoms with Crippen LogP contribution in [0.3, 0.4) is 0 Å². The van der Waals surface area contributed by atoms with Crippen molar-refractivity contribution in [3.05, 3.63) is 63.5 Å². The largest absolute Gasteiger partial charge is 0.271 e. The van der Waals surface area contributed by atoms with E-state index < -0.39 is 0 Å². The van der Waals surface area contributed by atoms with Crippen molar-refractivity contribution in [2.24, 2.45) is 5.10 Å². The molecule has 1 aromatic carbocycles. The number of carbonyl (C=O) groups is 1. The van der Waals surface area contributed by atoms with Gasteiger partial charge in [0.2, 0.25) is 0 Å². The van der Waals surface area contributed by atoms with Crippen LogP contribution in [0.5, 0.6) is 0 Å². The number of rotatable bonds is 3. The number of hydrogen-bond donors (Lipinski definition) is 1. The van der Waals surface area contributed by atoms with Crippen LogP contribution in [0.1, 0.15) is 15.9 Å². The molecule has 0 radical (unpaired) electrons. The average molecular weight is 351 g/mol. The van der Waals surface area contributed by atoms with E-state index in [2.05, 4.69) is 38.1 Å². The molecular weight excluding hydrogens is 341 g/mol. The van der Waals surface area contributed by atoms with E-state index in [-0.39, 0.29) is 5.91 Å². The lowest BCUT2D eigenvalue weighted by Gasteiger charge is -1.99. The fourth-order valence-corrected chi connectivity index (χ4v) is 1.83. The molecule has 0 aliphatic rings. The molecule has 0 saturated carbocycles. The molecule has 0 unspecified atom stereocenters. The van der Waals surface area contributed by atoms with Gasteiger partial charge in [0.25, 0.3) is 5.91 Å². The summed E-state index contributed by atoms with van der Waals surface area (Å²) in [5.41, 5.74) is 3.97. The summed E-state index contributed by atoms with van der Waals surface area (Å²) in [5, 5.41) is 3.93. The maximum atomic E-state index is 11.7. The number of halogens is 1. The van der Waals surface area contributed by atoms with Gasteiger partial charge in [-0.2, -0.15) is 5.10 Å². The zero-order chi connectivity index (χ0) is 12.8. The van der Waals surface area contributed by atoms with E-state index in [0.717, 1.165) is 9.13 Å². The molecule has 5 heteroatoms. The maximum Gasteiger partial charge on any atom is 0.271 e. The van der Waals surface area contributed by atoms with Gasteiger partial charge in [-0.05, 0) is 40.8 Å². The normalized spacial score (nSPS) is 10.5. The molecule has 4 nitrogen and oxygen atoms in total. The fraction of sp³-hybridized carbons (Fsp3) is 0. The quantitative estimate of drug-likeness (QED) is 0.525. The number of carbonyl (C=O) groups excluding carboxylic acids is 1. The van der Waals surface area contributed by atoms with E-state index in [1.165, 1.54) is 0 Å². The lowest BCUT2D eigenvalue weighted by atomic mass is 10.2. The van der Waals surface area contributed by atoms with Crippen LogP contribution in [0.4, 0.5) is 0 Å². The van der Waals surface area contributed by atoms with Crippen LogP contribution in [0.15, 0.2) is 53.9 Å². The lowest BCUT2D eigenvalue weighted by Crippen LogP contribution is -2.17. The number of nitrogens with one attached hydrogen (secondary N) is 1. The molecule has 2 rings (SSSR count). The highest BCUT2D eigenvalue weighted by Crippen LogP contribution is 2.08. The Kier molecular flexibility index (Phi) is 4.40. The second-order valence-corrected chi connectivity index (χ2v) is 4.62. The van der Waals surface area contributed by atoms with Crippen LogP contribution in [0.25, 0.3) is 0 Å². The Hall–Kier alpha value is -1.76. The topological polar surface area (TPSA) is 54.4 Å². The minimum atomic E-state index is -0.250. The third-order valence-corrected chi connectivity index (χ3v) is 3.20. The van der Waals surface area contributed by atoms with Gasteiger partial charge in [-0.1, -0.05) is 18.2 Å². The van der Waals surface area contributed by atoms with E-state index >= 15 is 0 Å². The van der Waals surface area contributed by atoms with Gasteiger partial charge in [0.05, 0.1) is 6.21 Å². The van der Waals surface area contributed by atoms with Crippen molar-refractivity contribution < 1.29 is 4.79 Å². The van der Waals surface area contributed by atoms with Gasteiger partial charge < -0.3 is 0 Å². The number of amides is 1. The first-order valence-electron chi connectivity index (χ1n) is 5.25. The van der Waals surface area contributed by atoms with E-state index in [0.29, 0.717) is 5.56 Å². The molecule has 90 valence electrons. The number of nitrogens with zero attached hydrogens (tertiary/aromatic N) is 2. The molecule has 2 aromatic rings. The van der Waals surface area contributed by atoms with Crippen LogP contribution in [-0.2, 0) is 0 Å². The van der Waals surface area contributed by atoms with E-state index in [1.807, 2.05) is 24.3 Å². The van der Waals surface area contributed by atoms with E-state index in [9.17, 15) is 4.79 Å². The molecule has 18 heavy (non-hydrogen) atoms. The first kappa shape index (κ1) is 12.7. The summed E-state index contributed by atoms with van der Waals surface area (Å²) in [7, 11) is 0. The molecule has 1 amide bonds. The molecule has 1 heterocycles. The molecule has 0 atom stereocenters. The summed E-state index contributed by atoms with van der Waals surface area (Å²) in [5.74, 6) is -0.250. The Balaban J connectivity index is 2.00. The van der Waals surface area contributed by atoms with Crippen molar-refractivity contribution in [3.63, 3.8) is 0 Å². The predicted octanol–water partition coefficient (Wildman–Crippen LogP) is 2.45. The maximum absolute atomic E-state index is 11.7. The van der Waals surface area contributed by atoms with Gasteiger partial charge in [0, 0.05) is 27.1 Å². The second kappa shape index (κ2) is 6.25. The Morgan fingerprint density at radius 1 is 1.22 bits per heavy atom. The van der Waals surface area contributed by atoms with Crippen molar-refractivity contribution in [3.8, 4) is 0 Å². The van der Waals surface area contributed by atoms with Crippen LogP contribution in [-0.4, -0.2) is 17.1 Å². The van der Waals surface area contributed by atoms with Crippen molar-refractivity contribution in [1.82, 2.24) is 10.4 Å². The minimum absolute atomic E-state index is 0.250. The van der Waals surface area contributed by atoms with Gasteiger partial charge in [-0.25, -0.2) is 5.43 Å². The number of benzene rings is 1. The summed E-state index contributed by atoms with van der Waals surface area (Å²) < 4.78 is 1.08. The average Bonchev–Trinajstić information content (AvgIpc) is 2.42. The molecule has 0 bridgehead atoms. The van der Waals surface area contributed by atoms with Crippen LogP contribution in [0, 0.1) is 3.57 Å². The third-order valence-electron chi connectivity index (χ3n) is 2.22. The molecule has 0 fully saturated rings. The lowest BCUT2D eigenvalue weighted by molar-refractivity contribution is 0.0955. The van der Waals surface area contributed by atoms with Crippen molar-refractivity contribution in [2.75, 3.05) is 0 Å². The molecule has 0 saturated heterocycles. The van der Waals surface area contributed by atoms with Gasteiger partial charge >= 0.3 is 0 Å². The Labute approximate surface area is 118 Å². The smallest absolute Gasteiger partial charge is 0.267 e. The van der Waals surface area contributed by atoms with E-state index in [1.54, 1.807) is 30.7 Å². The highest BCUT2D eigenvalue weighted by Gasteiger charge is 2.02. The van der Waals surface area contributed by atoms with Gasteiger partial charge in [0.15, 0.2) is 0 Å². The fourth-order valence-electron chi connectivity index (χ4n) is 1.31. The summed E-state index contributed by atoms with van der Waals surface area (Å²) in [6.45, 7) is 0. The first-order chi connectivity index (χ1) is 8.77. The standard InChI is InChI=1S/C13H10IN3O/c14-12-4-2-1-3-11(12)9-16-17-13(18)10-5-7-15-8-6-10/h1-9H,(H,17,18)/b16-9+. The van der Waals surface area contributed by atoms with Gasteiger partial charge in [-0.3, -0.25) is 9.78 Å². The number of hydrazone groups is 1. The first-order valence-corrected chi connectivity index (χ1v) is 6.33.